The van der Waals surface area contributed by atoms with Gasteiger partial charge in [0.25, 0.3) is 0 Å². The first-order chi connectivity index (χ1) is 16.0. The molecule has 2 N–H and O–H groups in total. The van der Waals surface area contributed by atoms with Crippen molar-refractivity contribution in [3.05, 3.63) is 100 Å². The van der Waals surface area contributed by atoms with Gasteiger partial charge in [-0.05, 0) is 51.0 Å². The Morgan fingerprint density at radius 1 is 1.00 bits per heavy atom. The number of para-hydroxylation sites is 2. The summed E-state index contributed by atoms with van der Waals surface area (Å²) in [5.41, 5.74) is 13.0. The Hall–Kier alpha value is -4.11. The molecule has 0 fully saturated rings. The number of nitriles is 1. The topological polar surface area (TPSA) is 87.9 Å². The van der Waals surface area contributed by atoms with Crippen LogP contribution in [0.15, 0.2) is 83.3 Å². The number of carbonyl (C=O) groups excluding carboxylic acids is 1. The highest BCUT2D eigenvalue weighted by Crippen LogP contribution is 2.47. The van der Waals surface area contributed by atoms with Crippen molar-refractivity contribution in [2.75, 3.05) is 4.90 Å². The number of aromatic nitrogens is 2. The van der Waals surface area contributed by atoms with Crippen LogP contribution in [0.25, 0.3) is 5.69 Å². The zero-order valence-corrected chi connectivity index (χ0v) is 18.7. The lowest BCUT2D eigenvalue weighted by atomic mass is 9.75. The smallest absolute Gasteiger partial charge is 0.161 e. The van der Waals surface area contributed by atoms with Crippen LogP contribution in [0.2, 0.25) is 0 Å². The van der Waals surface area contributed by atoms with Crippen molar-refractivity contribution >= 4 is 11.5 Å². The van der Waals surface area contributed by atoms with Gasteiger partial charge in [-0.1, -0.05) is 36.4 Å². The number of Topliss-reactive ketones (excluding diaryl/α,β-unsaturated/α-hetero) is 1. The number of carbonyl (C=O) groups is 1. The van der Waals surface area contributed by atoms with Crippen LogP contribution < -0.4 is 10.6 Å². The molecule has 1 unspecified atom stereocenters. The molecule has 6 nitrogen and oxygen atoms in total. The summed E-state index contributed by atoms with van der Waals surface area (Å²) in [5.74, 6) is -0.0580. The fourth-order valence-electron chi connectivity index (χ4n) is 5.14. The standard InChI is InChI=1S/C27H25N5O/c1-17-24(18(2)32(30-17)20-12-7-4-8-13-20)25-21(16-28)27(29)31(19-10-5-3-6-11-19)22-14-9-15-23(33)26(22)25/h3-8,10-13,25H,9,14-15,29H2,1-2H3. The zero-order chi connectivity index (χ0) is 23.1. The number of nitrogens with two attached hydrogens (primary N) is 1. The van der Waals surface area contributed by atoms with E-state index >= 15 is 0 Å². The van der Waals surface area contributed by atoms with Crippen LogP contribution in [-0.2, 0) is 4.79 Å². The minimum Gasteiger partial charge on any atom is -0.384 e. The molecule has 6 heteroatoms. The molecule has 164 valence electrons. The van der Waals surface area contributed by atoms with Crippen molar-refractivity contribution in [3.63, 3.8) is 0 Å². The number of benzene rings is 2. The molecule has 1 aliphatic carbocycles. The number of hydrogen-bond donors (Lipinski definition) is 1. The summed E-state index contributed by atoms with van der Waals surface area (Å²) >= 11 is 0. The second kappa shape index (κ2) is 8.10. The number of aryl methyl sites for hydroxylation is 1. The quantitative estimate of drug-likeness (QED) is 0.639. The lowest BCUT2D eigenvalue weighted by Gasteiger charge is -2.39. The van der Waals surface area contributed by atoms with Crippen molar-refractivity contribution in [1.82, 2.24) is 9.78 Å². The van der Waals surface area contributed by atoms with Gasteiger partial charge in [0.1, 0.15) is 5.82 Å². The van der Waals surface area contributed by atoms with Crippen molar-refractivity contribution in [1.29, 1.82) is 5.26 Å². The highest BCUT2D eigenvalue weighted by Gasteiger charge is 2.42. The van der Waals surface area contributed by atoms with Gasteiger partial charge >= 0.3 is 0 Å². The maximum absolute atomic E-state index is 13.4. The van der Waals surface area contributed by atoms with E-state index in [1.54, 1.807) is 0 Å². The molecule has 2 aromatic carbocycles. The monoisotopic (exact) mass is 435 g/mol. The molecule has 0 saturated carbocycles. The molecule has 0 bridgehead atoms. The summed E-state index contributed by atoms with van der Waals surface area (Å²) in [7, 11) is 0. The van der Waals surface area contributed by atoms with E-state index < -0.39 is 5.92 Å². The maximum atomic E-state index is 13.4. The van der Waals surface area contributed by atoms with E-state index in [-0.39, 0.29) is 5.78 Å². The van der Waals surface area contributed by atoms with E-state index in [0.29, 0.717) is 23.4 Å². The molecule has 0 spiro atoms. The Balaban J connectivity index is 1.76. The first kappa shape index (κ1) is 20.8. The summed E-state index contributed by atoms with van der Waals surface area (Å²) in [6.07, 6.45) is 1.97. The first-order valence-corrected chi connectivity index (χ1v) is 11.2. The Labute approximate surface area is 193 Å². The van der Waals surface area contributed by atoms with Gasteiger partial charge in [-0.3, -0.25) is 9.69 Å². The Bertz CT molecular complexity index is 1340. The molecule has 2 aliphatic rings. The van der Waals surface area contributed by atoms with Crippen LogP contribution in [0, 0.1) is 25.2 Å². The minimum atomic E-state index is -0.518. The van der Waals surface area contributed by atoms with Crippen LogP contribution in [0.5, 0.6) is 0 Å². The minimum absolute atomic E-state index is 0.0775. The van der Waals surface area contributed by atoms with Crippen LogP contribution >= 0.6 is 0 Å². The Morgan fingerprint density at radius 2 is 1.64 bits per heavy atom. The van der Waals surface area contributed by atoms with Gasteiger partial charge in [0.05, 0.1) is 28.9 Å². The number of anilines is 1. The summed E-state index contributed by atoms with van der Waals surface area (Å²) in [6.45, 7) is 3.93. The van der Waals surface area contributed by atoms with E-state index in [4.69, 9.17) is 10.8 Å². The van der Waals surface area contributed by atoms with Crippen LogP contribution in [-0.4, -0.2) is 15.6 Å². The van der Waals surface area contributed by atoms with E-state index in [2.05, 4.69) is 6.07 Å². The molecular formula is C27H25N5O. The predicted octanol–water partition coefficient (Wildman–Crippen LogP) is 4.79. The largest absolute Gasteiger partial charge is 0.384 e. The molecule has 1 atom stereocenters. The molecule has 0 amide bonds. The molecule has 33 heavy (non-hydrogen) atoms. The van der Waals surface area contributed by atoms with E-state index in [9.17, 15) is 10.1 Å². The summed E-state index contributed by atoms with van der Waals surface area (Å²) in [5, 5.41) is 15.0. The van der Waals surface area contributed by atoms with Crippen molar-refractivity contribution in [2.24, 2.45) is 5.73 Å². The third kappa shape index (κ3) is 3.25. The molecule has 1 aromatic heterocycles. The van der Waals surface area contributed by atoms with Crippen molar-refractivity contribution in [2.45, 2.75) is 39.0 Å². The van der Waals surface area contributed by atoms with Gasteiger partial charge in [-0.2, -0.15) is 10.4 Å². The third-order valence-electron chi connectivity index (χ3n) is 6.56. The van der Waals surface area contributed by atoms with Crippen LogP contribution in [0.1, 0.15) is 42.1 Å². The van der Waals surface area contributed by atoms with Crippen molar-refractivity contribution < 1.29 is 4.79 Å². The third-order valence-corrected chi connectivity index (χ3v) is 6.56. The number of nitrogens with zero attached hydrogens (tertiary/aromatic N) is 4. The number of ketones is 1. The van der Waals surface area contributed by atoms with Gasteiger partial charge in [-0.15, -0.1) is 0 Å². The summed E-state index contributed by atoms with van der Waals surface area (Å²) < 4.78 is 1.88. The lowest BCUT2D eigenvalue weighted by molar-refractivity contribution is -0.116. The highest BCUT2D eigenvalue weighted by molar-refractivity contribution is 6.01. The molecule has 3 aromatic rings. The van der Waals surface area contributed by atoms with E-state index in [0.717, 1.165) is 46.9 Å². The van der Waals surface area contributed by atoms with Gasteiger partial charge < -0.3 is 5.73 Å². The lowest BCUT2D eigenvalue weighted by Crippen LogP contribution is -2.39. The first-order valence-electron chi connectivity index (χ1n) is 11.2. The molecule has 0 radical (unpaired) electrons. The van der Waals surface area contributed by atoms with Crippen LogP contribution in [0.3, 0.4) is 0 Å². The molecule has 5 rings (SSSR count). The average molecular weight is 436 g/mol. The summed E-state index contributed by atoms with van der Waals surface area (Å²) in [4.78, 5) is 15.3. The maximum Gasteiger partial charge on any atom is 0.161 e. The fourth-order valence-corrected chi connectivity index (χ4v) is 5.14. The van der Waals surface area contributed by atoms with E-state index in [1.807, 2.05) is 84.1 Å². The van der Waals surface area contributed by atoms with Crippen LogP contribution in [0.4, 0.5) is 5.69 Å². The molecule has 1 aliphatic heterocycles. The van der Waals surface area contributed by atoms with Gasteiger partial charge in [0.15, 0.2) is 5.78 Å². The summed E-state index contributed by atoms with van der Waals surface area (Å²) in [6, 6.07) is 21.9. The average Bonchev–Trinajstić information content (AvgIpc) is 3.13. The highest BCUT2D eigenvalue weighted by atomic mass is 16.1. The van der Waals surface area contributed by atoms with Gasteiger partial charge in [0, 0.05) is 34.6 Å². The van der Waals surface area contributed by atoms with Gasteiger partial charge in [-0.25, -0.2) is 4.68 Å². The Morgan fingerprint density at radius 3 is 2.27 bits per heavy atom. The normalized spacial score (nSPS) is 18.4. The fraction of sp³-hybridized carbons (Fsp3) is 0.222. The second-order valence-electron chi connectivity index (χ2n) is 8.48. The van der Waals surface area contributed by atoms with E-state index in [1.165, 1.54) is 0 Å². The van der Waals surface area contributed by atoms with Crippen molar-refractivity contribution in [3.8, 4) is 11.8 Å². The molecule has 0 saturated heterocycles. The molecular weight excluding hydrogens is 410 g/mol. The number of allylic oxidation sites excluding steroid dienone is 3. The SMILES string of the molecule is Cc1nn(-c2ccccc2)c(C)c1C1C(C#N)=C(N)N(c2ccccc2)C2=C1C(=O)CCC2. The Kier molecular flexibility index (Phi) is 5.10. The predicted molar refractivity (Wildman–Crippen MR) is 127 cm³/mol. The number of hydrogen-bond acceptors (Lipinski definition) is 5. The van der Waals surface area contributed by atoms with Gasteiger partial charge in [0.2, 0.25) is 0 Å². The zero-order valence-electron chi connectivity index (χ0n) is 18.7. The second-order valence-corrected chi connectivity index (χ2v) is 8.48. The number of rotatable bonds is 3. The molecule has 2 heterocycles.